The molecule has 2 N–H and O–H groups in total. The lowest BCUT2D eigenvalue weighted by atomic mass is 10.2. The molecule has 0 unspecified atom stereocenters. The number of carboxylic acid groups (broad SMARTS) is 1. The molecule has 0 fully saturated rings. The molecule has 0 spiro atoms. The third-order valence-electron chi connectivity index (χ3n) is 2.07. The summed E-state index contributed by atoms with van der Waals surface area (Å²) >= 11 is 5.85. The molecule has 1 amide bonds. The van der Waals surface area contributed by atoms with E-state index in [0.29, 0.717) is 18.5 Å². The summed E-state index contributed by atoms with van der Waals surface area (Å²) in [7, 11) is 0. The molecule has 17 heavy (non-hydrogen) atoms. The quantitative estimate of drug-likeness (QED) is 0.793. The maximum Gasteiger partial charge on any atom is 0.335 e. The predicted molar refractivity (Wildman–Crippen MR) is 66.5 cm³/mol. The molecule has 0 aliphatic rings. The van der Waals surface area contributed by atoms with E-state index in [1.165, 1.54) is 18.2 Å². The van der Waals surface area contributed by atoms with Crippen LogP contribution in [0.2, 0.25) is 5.02 Å². The van der Waals surface area contributed by atoms with Gasteiger partial charge >= 0.3 is 5.97 Å². The molecular formula is C12H12ClNO3. The van der Waals surface area contributed by atoms with E-state index in [1.807, 2.05) is 0 Å². The van der Waals surface area contributed by atoms with E-state index in [-0.39, 0.29) is 16.5 Å². The van der Waals surface area contributed by atoms with Gasteiger partial charge in [0.2, 0.25) is 5.91 Å². The van der Waals surface area contributed by atoms with Gasteiger partial charge in [0.05, 0.1) is 16.3 Å². The van der Waals surface area contributed by atoms with Gasteiger partial charge in [0.1, 0.15) is 0 Å². The fraction of sp³-hybridized carbons (Fsp3) is 0.167. The van der Waals surface area contributed by atoms with Crippen molar-refractivity contribution < 1.29 is 14.7 Å². The number of rotatable bonds is 5. The minimum absolute atomic E-state index is 0.0825. The van der Waals surface area contributed by atoms with E-state index in [0.717, 1.165) is 0 Å². The monoisotopic (exact) mass is 253 g/mol. The summed E-state index contributed by atoms with van der Waals surface area (Å²) in [4.78, 5) is 22.1. The molecule has 0 aromatic heterocycles. The smallest absolute Gasteiger partial charge is 0.335 e. The Kier molecular flexibility index (Phi) is 4.72. The molecule has 1 aromatic carbocycles. The van der Waals surface area contributed by atoms with Crippen LogP contribution in [0.15, 0.2) is 30.9 Å². The third kappa shape index (κ3) is 3.92. The standard InChI is InChI=1S/C12H12ClNO3/c1-2-3-4-11(15)14-10-6-5-8(12(16)17)7-9(10)13/h2,5-7H,1,3-4H2,(H,14,15)(H,16,17). The first kappa shape index (κ1) is 13.3. The van der Waals surface area contributed by atoms with Gasteiger partial charge in [-0.1, -0.05) is 17.7 Å². The van der Waals surface area contributed by atoms with Gasteiger partial charge in [-0.25, -0.2) is 4.79 Å². The number of anilines is 1. The number of nitrogens with one attached hydrogen (secondary N) is 1. The molecule has 0 saturated heterocycles. The first-order chi connectivity index (χ1) is 8.04. The number of carbonyl (C=O) groups excluding carboxylic acids is 1. The van der Waals surface area contributed by atoms with E-state index in [1.54, 1.807) is 6.08 Å². The maximum atomic E-state index is 11.4. The van der Waals surface area contributed by atoms with Crippen LogP contribution in [0.3, 0.4) is 0 Å². The van der Waals surface area contributed by atoms with E-state index >= 15 is 0 Å². The van der Waals surface area contributed by atoms with E-state index < -0.39 is 5.97 Å². The zero-order chi connectivity index (χ0) is 12.8. The fourth-order valence-corrected chi connectivity index (χ4v) is 1.42. The van der Waals surface area contributed by atoms with Crippen LogP contribution in [0.4, 0.5) is 5.69 Å². The highest BCUT2D eigenvalue weighted by atomic mass is 35.5. The lowest BCUT2D eigenvalue weighted by Crippen LogP contribution is -2.11. The third-order valence-corrected chi connectivity index (χ3v) is 2.38. The molecule has 0 aliphatic heterocycles. The van der Waals surface area contributed by atoms with Crippen molar-refractivity contribution in [2.24, 2.45) is 0 Å². The molecule has 0 bridgehead atoms. The Morgan fingerprint density at radius 1 is 1.47 bits per heavy atom. The van der Waals surface area contributed by atoms with Gasteiger partial charge in [-0.2, -0.15) is 0 Å². The highest BCUT2D eigenvalue weighted by Crippen LogP contribution is 2.23. The first-order valence-electron chi connectivity index (χ1n) is 4.98. The Bertz CT molecular complexity index is 457. The molecule has 0 saturated carbocycles. The fourth-order valence-electron chi connectivity index (χ4n) is 1.20. The van der Waals surface area contributed by atoms with Crippen LogP contribution in [-0.4, -0.2) is 17.0 Å². The number of allylic oxidation sites excluding steroid dienone is 1. The van der Waals surface area contributed by atoms with E-state index in [2.05, 4.69) is 11.9 Å². The molecule has 0 atom stereocenters. The van der Waals surface area contributed by atoms with Crippen molar-refractivity contribution in [3.05, 3.63) is 41.4 Å². The Morgan fingerprint density at radius 3 is 2.71 bits per heavy atom. The Balaban J connectivity index is 2.75. The molecule has 1 aromatic rings. The normalized spacial score (nSPS) is 9.71. The molecule has 0 radical (unpaired) electrons. The molecule has 0 aliphatic carbocycles. The number of hydrogen-bond donors (Lipinski definition) is 2. The van der Waals surface area contributed by atoms with Crippen LogP contribution in [0.25, 0.3) is 0 Å². The summed E-state index contributed by atoms with van der Waals surface area (Å²) in [6, 6.07) is 4.15. The Morgan fingerprint density at radius 2 is 2.18 bits per heavy atom. The highest BCUT2D eigenvalue weighted by molar-refractivity contribution is 6.34. The number of hydrogen-bond acceptors (Lipinski definition) is 2. The van der Waals surface area contributed by atoms with Gasteiger partial charge in [0.25, 0.3) is 0 Å². The Hall–Kier alpha value is -1.81. The van der Waals surface area contributed by atoms with Crippen molar-refractivity contribution in [2.75, 3.05) is 5.32 Å². The van der Waals surface area contributed by atoms with Crippen molar-refractivity contribution in [1.29, 1.82) is 0 Å². The van der Waals surface area contributed by atoms with Gasteiger partial charge < -0.3 is 10.4 Å². The minimum atomic E-state index is -1.06. The molecule has 4 nitrogen and oxygen atoms in total. The van der Waals surface area contributed by atoms with Crippen molar-refractivity contribution in [1.82, 2.24) is 0 Å². The predicted octanol–water partition coefficient (Wildman–Crippen LogP) is 2.94. The summed E-state index contributed by atoms with van der Waals surface area (Å²) in [6.07, 6.45) is 2.55. The maximum absolute atomic E-state index is 11.4. The lowest BCUT2D eigenvalue weighted by Gasteiger charge is -2.07. The summed E-state index contributed by atoms with van der Waals surface area (Å²) in [5.41, 5.74) is 0.491. The number of carbonyl (C=O) groups is 2. The second-order valence-corrected chi connectivity index (χ2v) is 3.78. The SMILES string of the molecule is C=CCCC(=O)Nc1ccc(C(=O)O)cc1Cl. The van der Waals surface area contributed by atoms with Crippen molar-refractivity contribution in [3.63, 3.8) is 0 Å². The van der Waals surface area contributed by atoms with E-state index in [9.17, 15) is 9.59 Å². The largest absolute Gasteiger partial charge is 0.478 e. The minimum Gasteiger partial charge on any atom is -0.478 e. The average molecular weight is 254 g/mol. The Labute approximate surface area is 104 Å². The lowest BCUT2D eigenvalue weighted by molar-refractivity contribution is -0.116. The number of amides is 1. The van der Waals surface area contributed by atoms with Gasteiger partial charge in [0, 0.05) is 6.42 Å². The summed E-state index contributed by atoms with van der Waals surface area (Å²) in [6.45, 7) is 3.52. The number of benzene rings is 1. The average Bonchev–Trinajstić information content (AvgIpc) is 2.28. The summed E-state index contributed by atoms with van der Waals surface area (Å²) < 4.78 is 0. The van der Waals surface area contributed by atoms with Gasteiger partial charge in [-0.3, -0.25) is 4.79 Å². The summed E-state index contributed by atoms with van der Waals surface area (Å²) in [5.74, 6) is -1.24. The van der Waals surface area contributed by atoms with Gasteiger partial charge in [-0.15, -0.1) is 6.58 Å². The first-order valence-corrected chi connectivity index (χ1v) is 5.36. The van der Waals surface area contributed by atoms with Gasteiger partial charge in [-0.05, 0) is 24.6 Å². The van der Waals surface area contributed by atoms with Crippen LogP contribution in [-0.2, 0) is 4.79 Å². The second kappa shape index (κ2) is 6.06. The summed E-state index contributed by atoms with van der Waals surface area (Å²) in [5, 5.41) is 11.5. The van der Waals surface area contributed by atoms with Crippen LogP contribution < -0.4 is 5.32 Å². The van der Waals surface area contributed by atoms with Crippen LogP contribution >= 0.6 is 11.6 Å². The van der Waals surface area contributed by atoms with Gasteiger partial charge in [0.15, 0.2) is 0 Å². The van der Waals surface area contributed by atoms with E-state index in [4.69, 9.17) is 16.7 Å². The topological polar surface area (TPSA) is 66.4 Å². The van der Waals surface area contributed by atoms with Crippen molar-refractivity contribution >= 4 is 29.2 Å². The zero-order valence-electron chi connectivity index (χ0n) is 9.07. The molecular weight excluding hydrogens is 242 g/mol. The van der Waals surface area contributed by atoms with Crippen molar-refractivity contribution in [3.8, 4) is 0 Å². The van der Waals surface area contributed by atoms with Crippen LogP contribution in [0.5, 0.6) is 0 Å². The molecule has 0 heterocycles. The highest BCUT2D eigenvalue weighted by Gasteiger charge is 2.08. The number of aromatic carboxylic acids is 1. The molecule has 5 heteroatoms. The second-order valence-electron chi connectivity index (χ2n) is 3.38. The number of carboxylic acids is 1. The van der Waals surface area contributed by atoms with Crippen LogP contribution in [0.1, 0.15) is 23.2 Å². The molecule has 1 rings (SSSR count). The zero-order valence-corrected chi connectivity index (χ0v) is 9.83. The van der Waals surface area contributed by atoms with Crippen LogP contribution in [0, 0.1) is 0 Å². The molecule has 90 valence electrons. The number of halogens is 1. The van der Waals surface area contributed by atoms with Crippen molar-refractivity contribution in [2.45, 2.75) is 12.8 Å².